The van der Waals surface area contributed by atoms with Gasteiger partial charge in [0.05, 0.1) is 6.61 Å². The van der Waals surface area contributed by atoms with E-state index in [1.165, 1.54) is 6.07 Å². The summed E-state index contributed by atoms with van der Waals surface area (Å²) >= 11 is 1.13. The van der Waals surface area contributed by atoms with Gasteiger partial charge in [0.2, 0.25) is 10.0 Å². The van der Waals surface area contributed by atoms with Crippen molar-refractivity contribution in [3.63, 3.8) is 0 Å². The zero-order valence-corrected chi connectivity index (χ0v) is 12.0. The quantitative estimate of drug-likeness (QED) is 0.835. The van der Waals surface area contributed by atoms with Crippen LogP contribution in [0.25, 0.3) is 0 Å². The largest absolute Gasteiger partial charge is 0.392 e. The zero-order chi connectivity index (χ0) is 13.1. The van der Waals surface area contributed by atoms with Gasteiger partial charge in [-0.3, -0.25) is 0 Å². The van der Waals surface area contributed by atoms with Gasteiger partial charge in [-0.05, 0) is 28.8 Å². The first-order chi connectivity index (χ1) is 7.80. The molecule has 0 fully saturated rings. The van der Waals surface area contributed by atoms with Crippen molar-refractivity contribution in [2.45, 2.75) is 38.0 Å². The molecule has 0 aliphatic rings. The molecule has 0 spiro atoms. The first-order valence-electron chi connectivity index (χ1n) is 5.48. The molecule has 17 heavy (non-hydrogen) atoms. The maximum atomic E-state index is 11.9. The Hall–Kier alpha value is -0.430. The van der Waals surface area contributed by atoms with Gasteiger partial charge >= 0.3 is 0 Å². The number of sulfonamides is 1. The van der Waals surface area contributed by atoms with Crippen molar-refractivity contribution in [3.8, 4) is 0 Å². The Morgan fingerprint density at radius 1 is 1.47 bits per heavy atom. The molecule has 0 saturated heterocycles. The molecular formula is C11H19NO3S2. The highest BCUT2D eigenvalue weighted by Gasteiger charge is 2.21. The fourth-order valence-electron chi connectivity index (χ4n) is 1.06. The molecule has 4 nitrogen and oxygen atoms in total. The summed E-state index contributed by atoms with van der Waals surface area (Å²) in [4.78, 5) is 0. The Morgan fingerprint density at radius 2 is 2.12 bits per heavy atom. The Balaban J connectivity index is 2.76. The zero-order valence-electron chi connectivity index (χ0n) is 10.4. The van der Waals surface area contributed by atoms with Crippen LogP contribution in [0.3, 0.4) is 0 Å². The highest BCUT2D eigenvalue weighted by Crippen LogP contribution is 2.22. The van der Waals surface area contributed by atoms with Gasteiger partial charge in [0.1, 0.15) is 4.21 Å². The lowest BCUT2D eigenvalue weighted by atomic mass is 9.91. The number of hydrogen-bond acceptors (Lipinski definition) is 4. The summed E-state index contributed by atoms with van der Waals surface area (Å²) in [6.45, 7) is 6.35. The summed E-state index contributed by atoms with van der Waals surface area (Å²) < 4.78 is 26.7. The highest BCUT2D eigenvalue weighted by atomic mass is 32.2. The van der Waals surface area contributed by atoms with E-state index in [0.717, 1.165) is 17.8 Å². The molecule has 1 rings (SSSR count). The van der Waals surface area contributed by atoms with Crippen LogP contribution in [0, 0.1) is 5.41 Å². The summed E-state index contributed by atoms with van der Waals surface area (Å²) in [7, 11) is -3.44. The summed E-state index contributed by atoms with van der Waals surface area (Å²) in [6, 6.07) is 1.51. The van der Waals surface area contributed by atoms with Crippen LogP contribution in [-0.4, -0.2) is 20.1 Å². The summed E-state index contributed by atoms with van der Waals surface area (Å²) in [5, 5.41) is 10.6. The van der Waals surface area contributed by atoms with Crippen molar-refractivity contribution < 1.29 is 13.5 Å². The summed E-state index contributed by atoms with van der Waals surface area (Å²) in [6.07, 6.45) is 0.905. The average molecular weight is 277 g/mol. The van der Waals surface area contributed by atoms with E-state index in [4.69, 9.17) is 5.11 Å². The Kier molecular flexibility index (Phi) is 4.71. The SMILES string of the molecule is CCC(C)(C)CNS(=O)(=O)c1cc(CO)cs1. The van der Waals surface area contributed by atoms with Crippen LogP contribution in [0.4, 0.5) is 0 Å². The van der Waals surface area contributed by atoms with Crippen LogP contribution < -0.4 is 4.72 Å². The Morgan fingerprint density at radius 3 is 2.59 bits per heavy atom. The van der Waals surface area contributed by atoms with Gasteiger partial charge in [-0.15, -0.1) is 11.3 Å². The van der Waals surface area contributed by atoms with Crippen LogP contribution in [0.5, 0.6) is 0 Å². The minimum absolute atomic E-state index is 0.0515. The van der Waals surface area contributed by atoms with Crippen molar-refractivity contribution in [1.82, 2.24) is 4.72 Å². The molecule has 6 heteroatoms. The first kappa shape index (κ1) is 14.6. The van der Waals surface area contributed by atoms with E-state index in [1.807, 2.05) is 20.8 Å². The molecule has 1 heterocycles. The number of hydrogen-bond donors (Lipinski definition) is 2. The van der Waals surface area contributed by atoms with Gasteiger partial charge in [-0.2, -0.15) is 0 Å². The smallest absolute Gasteiger partial charge is 0.250 e. The third-order valence-electron chi connectivity index (χ3n) is 2.77. The molecule has 0 saturated carbocycles. The topological polar surface area (TPSA) is 66.4 Å². The van der Waals surface area contributed by atoms with E-state index >= 15 is 0 Å². The molecule has 0 radical (unpaired) electrons. The van der Waals surface area contributed by atoms with Gasteiger partial charge < -0.3 is 5.11 Å². The number of thiophene rings is 1. The number of nitrogens with one attached hydrogen (secondary N) is 1. The van der Waals surface area contributed by atoms with E-state index in [-0.39, 0.29) is 16.2 Å². The fourth-order valence-corrected chi connectivity index (χ4v) is 3.55. The minimum Gasteiger partial charge on any atom is -0.392 e. The molecule has 0 aromatic carbocycles. The van der Waals surface area contributed by atoms with E-state index in [0.29, 0.717) is 12.1 Å². The predicted octanol–water partition coefficient (Wildman–Crippen LogP) is 1.95. The molecule has 1 aromatic rings. The van der Waals surface area contributed by atoms with Gasteiger partial charge in [0, 0.05) is 6.54 Å². The van der Waals surface area contributed by atoms with E-state index in [2.05, 4.69) is 4.72 Å². The van der Waals surface area contributed by atoms with Crippen molar-refractivity contribution in [3.05, 3.63) is 17.0 Å². The minimum atomic E-state index is -3.44. The second-order valence-electron chi connectivity index (χ2n) is 4.77. The molecule has 0 bridgehead atoms. The number of aliphatic hydroxyl groups excluding tert-OH is 1. The lowest BCUT2D eigenvalue weighted by Gasteiger charge is -2.22. The molecule has 1 aromatic heterocycles. The van der Waals surface area contributed by atoms with Gasteiger partial charge in [0.15, 0.2) is 0 Å². The lowest BCUT2D eigenvalue weighted by Crippen LogP contribution is -2.33. The molecular weight excluding hydrogens is 258 g/mol. The molecule has 0 aliphatic carbocycles. The average Bonchev–Trinajstić information content (AvgIpc) is 2.76. The molecule has 98 valence electrons. The monoisotopic (exact) mass is 277 g/mol. The lowest BCUT2D eigenvalue weighted by molar-refractivity contribution is 0.282. The van der Waals surface area contributed by atoms with Crippen molar-refractivity contribution in [2.75, 3.05) is 6.54 Å². The number of aliphatic hydroxyl groups is 1. The van der Waals surface area contributed by atoms with Crippen LogP contribution >= 0.6 is 11.3 Å². The predicted molar refractivity (Wildman–Crippen MR) is 69.5 cm³/mol. The Labute approximate surface area is 107 Å². The van der Waals surface area contributed by atoms with Crippen LogP contribution in [0.1, 0.15) is 32.8 Å². The van der Waals surface area contributed by atoms with Crippen LogP contribution in [0.2, 0.25) is 0 Å². The normalized spacial score (nSPS) is 12.9. The maximum absolute atomic E-state index is 11.9. The first-order valence-corrected chi connectivity index (χ1v) is 7.85. The number of rotatable bonds is 6. The second kappa shape index (κ2) is 5.48. The highest BCUT2D eigenvalue weighted by molar-refractivity contribution is 7.91. The maximum Gasteiger partial charge on any atom is 0.250 e. The Bertz CT molecular complexity index is 463. The van der Waals surface area contributed by atoms with Gasteiger partial charge in [-0.1, -0.05) is 20.8 Å². The summed E-state index contributed by atoms with van der Waals surface area (Å²) in [5.41, 5.74) is 0.578. The molecule has 0 atom stereocenters. The van der Waals surface area contributed by atoms with Crippen LogP contribution in [0.15, 0.2) is 15.7 Å². The van der Waals surface area contributed by atoms with Crippen molar-refractivity contribution in [1.29, 1.82) is 0 Å². The second-order valence-corrected chi connectivity index (χ2v) is 7.68. The van der Waals surface area contributed by atoms with Crippen molar-refractivity contribution in [2.24, 2.45) is 5.41 Å². The standard InChI is InChI=1S/C11H19NO3S2/c1-4-11(2,3)8-12-17(14,15)10-5-9(6-13)7-16-10/h5,7,12-13H,4,6,8H2,1-3H3. The van der Waals surface area contributed by atoms with Gasteiger partial charge in [0.25, 0.3) is 0 Å². The van der Waals surface area contributed by atoms with Crippen molar-refractivity contribution >= 4 is 21.4 Å². The molecule has 2 N–H and O–H groups in total. The van der Waals surface area contributed by atoms with E-state index < -0.39 is 10.0 Å². The molecule has 0 amide bonds. The summed E-state index contributed by atoms with van der Waals surface area (Å²) in [5.74, 6) is 0. The molecule has 0 unspecified atom stereocenters. The van der Waals surface area contributed by atoms with Gasteiger partial charge in [-0.25, -0.2) is 13.1 Å². The van der Waals surface area contributed by atoms with E-state index in [9.17, 15) is 8.42 Å². The third-order valence-corrected chi connectivity index (χ3v) is 5.66. The fraction of sp³-hybridized carbons (Fsp3) is 0.636. The van der Waals surface area contributed by atoms with E-state index in [1.54, 1.807) is 5.38 Å². The van der Waals surface area contributed by atoms with Crippen LogP contribution in [-0.2, 0) is 16.6 Å². The third kappa shape index (κ3) is 4.06. The molecule has 0 aliphatic heterocycles.